The molecule has 1 aromatic carbocycles. The monoisotopic (exact) mass is 327 g/mol. The van der Waals surface area contributed by atoms with Gasteiger partial charge in [0.15, 0.2) is 0 Å². The number of ether oxygens (including phenoxy) is 1. The zero-order chi connectivity index (χ0) is 15.6. The van der Waals surface area contributed by atoms with Crippen molar-refractivity contribution in [1.82, 2.24) is 25.2 Å². The minimum atomic E-state index is 0.524. The molecule has 0 radical (unpaired) electrons. The van der Waals surface area contributed by atoms with Crippen LogP contribution in [0.4, 0.5) is 0 Å². The van der Waals surface area contributed by atoms with E-state index in [1.165, 1.54) is 17.0 Å². The van der Waals surface area contributed by atoms with Gasteiger partial charge in [-0.3, -0.25) is 0 Å². The molecule has 2 aromatic heterocycles. The third kappa shape index (κ3) is 3.10. The fourth-order valence-corrected chi connectivity index (χ4v) is 3.97. The molecule has 0 saturated heterocycles. The Labute approximate surface area is 138 Å². The fourth-order valence-electron chi connectivity index (χ4n) is 2.77. The van der Waals surface area contributed by atoms with Crippen molar-refractivity contribution in [2.45, 2.75) is 32.8 Å². The highest BCUT2D eigenvalue weighted by Crippen LogP contribution is 2.30. The molecule has 0 fully saturated rings. The first kappa shape index (κ1) is 14.3. The number of nitrogens with zero attached hydrogens (tertiary/aromatic N) is 5. The number of aromatic nitrogens is 5. The molecular formula is C16H17N5OS. The second-order valence-electron chi connectivity index (χ2n) is 5.86. The summed E-state index contributed by atoms with van der Waals surface area (Å²) in [5, 5.41) is 12.2. The molecule has 1 aliphatic carbocycles. The zero-order valence-corrected chi connectivity index (χ0v) is 13.7. The lowest BCUT2D eigenvalue weighted by Crippen LogP contribution is -2.09. The molecule has 1 unspecified atom stereocenters. The Morgan fingerprint density at radius 3 is 2.96 bits per heavy atom. The van der Waals surface area contributed by atoms with Crippen LogP contribution in [0.15, 0.2) is 30.6 Å². The molecule has 3 aromatic rings. The first-order valence-corrected chi connectivity index (χ1v) is 8.53. The van der Waals surface area contributed by atoms with Gasteiger partial charge in [-0.2, -0.15) is 0 Å². The van der Waals surface area contributed by atoms with Crippen molar-refractivity contribution >= 4 is 11.3 Å². The molecule has 4 rings (SSSR count). The van der Waals surface area contributed by atoms with Gasteiger partial charge in [0.25, 0.3) is 0 Å². The van der Waals surface area contributed by atoms with Crippen molar-refractivity contribution in [3.8, 4) is 11.4 Å². The fraction of sp³-hybridized carbons (Fsp3) is 0.375. The summed E-state index contributed by atoms with van der Waals surface area (Å²) in [6, 6.07) is 7.71. The van der Waals surface area contributed by atoms with Crippen molar-refractivity contribution in [3.05, 3.63) is 46.2 Å². The number of hydrogen-bond acceptors (Lipinski definition) is 6. The van der Waals surface area contributed by atoms with E-state index in [2.05, 4.69) is 22.4 Å². The Morgan fingerprint density at radius 1 is 1.30 bits per heavy atom. The van der Waals surface area contributed by atoms with Crippen molar-refractivity contribution in [3.63, 3.8) is 0 Å². The average molecular weight is 327 g/mol. The van der Waals surface area contributed by atoms with Crippen LogP contribution in [0.5, 0.6) is 5.75 Å². The number of rotatable bonds is 4. The van der Waals surface area contributed by atoms with Crippen molar-refractivity contribution < 1.29 is 4.74 Å². The first-order valence-electron chi connectivity index (χ1n) is 7.71. The molecule has 7 heteroatoms. The molecule has 0 bridgehead atoms. The van der Waals surface area contributed by atoms with Crippen LogP contribution in [0.3, 0.4) is 0 Å². The van der Waals surface area contributed by atoms with Crippen molar-refractivity contribution in [2.24, 2.45) is 5.92 Å². The van der Waals surface area contributed by atoms with Crippen molar-refractivity contribution in [2.75, 3.05) is 0 Å². The standard InChI is InChI=1S/C16H17N5OS/c1-11-2-7-14-15(8-11)23-16(18-14)9-22-13-5-3-12(4-6-13)21-10-17-19-20-21/h3-6,10-11H,2,7-9H2,1H3. The normalized spacial score (nSPS) is 17.0. The lowest BCUT2D eigenvalue weighted by molar-refractivity contribution is 0.305. The van der Waals surface area contributed by atoms with Crippen LogP contribution in [-0.4, -0.2) is 25.2 Å². The minimum Gasteiger partial charge on any atom is -0.486 e. The molecule has 0 spiro atoms. The summed E-state index contributed by atoms with van der Waals surface area (Å²) >= 11 is 1.79. The van der Waals surface area contributed by atoms with E-state index < -0.39 is 0 Å². The summed E-state index contributed by atoms with van der Waals surface area (Å²) in [5.41, 5.74) is 2.18. The molecule has 0 amide bonds. The van der Waals surface area contributed by atoms with E-state index in [1.807, 2.05) is 24.3 Å². The van der Waals surface area contributed by atoms with Crippen LogP contribution in [0.1, 0.15) is 28.9 Å². The van der Waals surface area contributed by atoms with Gasteiger partial charge < -0.3 is 4.74 Å². The molecular weight excluding hydrogens is 310 g/mol. The molecule has 118 valence electrons. The largest absolute Gasteiger partial charge is 0.486 e. The third-order valence-electron chi connectivity index (χ3n) is 4.04. The van der Waals surface area contributed by atoms with Gasteiger partial charge in [0, 0.05) is 4.88 Å². The molecule has 1 aliphatic rings. The maximum Gasteiger partial charge on any atom is 0.143 e. The van der Waals surface area contributed by atoms with E-state index in [9.17, 15) is 0 Å². The maximum atomic E-state index is 5.86. The maximum absolute atomic E-state index is 5.86. The summed E-state index contributed by atoms with van der Waals surface area (Å²) in [6.07, 6.45) is 5.08. The summed E-state index contributed by atoms with van der Waals surface area (Å²) in [7, 11) is 0. The van der Waals surface area contributed by atoms with Crippen LogP contribution in [0.2, 0.25) is 0 Å². The number of hydrogen-bond donors (Lipinski definition) is 0. The van der Waals surface area contributed by atoms with Gasteiger partial charge in [0.05, 0.1) is 11.4 Å². The van der Waals surface area contributed by atoms with Crippen LogP contribution in [-0.2, 0) is 19.4 Å². The van der Waals surface area contributed by atoms with E-state index >= 15 is 0 Å². The minimum absolute atomic E-state index is 0.524. The second kappa shape index (κ2) is 6.08. The molecule has 6 nitrogen and oxygen atoms in total. The highest BCUT2D eigenvalue weighted by Gasteiger charge is 2.19. The van der Waals surface area contributed by atoms with Gasteiger partial charge in [-0.25, -0.2) is 9.67 Å². The van der Waals surface area contributed by atoms with Gasteiger partial charge in [0.1, 0.15) is 23.7 Å². The number of fused-ring (bicyclic) bond motifs is 1. The quantitative estimate of drug-likeness (QED) is 0.737. The first-order chi connectivity index (χ1) is 11.3. The average Bonchev–Trinajstić information content (AvgIpc) is 3.22. The second-order valence-corrected chi connectivity index (χ2v) is 7.03. The summed E-state index contributed by atoms with van der Waals surface area (Å²) in [6.45, 7) is 2.83. The molecule has 0 aliphatic heterocycles. The van der Waals surface area contributed by atoms with Gasteiger partial charge in [-0.05, 0) is 59.9 Å². The number of tetrazole rings is 1. The smallest absolute Gasteiger partial charge is 0.143 e. The van der Waals surface area contributed by atoms with Crippen LogP contribution < -0.4 is 4.74 Å². The molecule has 0 N–H and O–H groups in total. The third-order valence-corrected chi connectivity index (χ3v) is 5.14. The van der Waals surface area contributed by atoms with E-state index in [0.717, 1.165) is 35.2 Å². The Kier molecular flexibility index (Phi) is 3.78. The lowest BCUT2D eigenvalue weighted by Gasteiger charge is -2.15. The number of aryl methyl sites for hydroxylation is 1. The van der Waals surface area contributed by atoms with Gasteiger partial charge in [-0.1, -0.05) is 6.92 Å². The van der Waals surface area contributed by atoms with Gasteiger partial charge in [0.2, 0.25) is 0 Å². The van der Waals surface area contributed by atoms with Crippen LogP contribution >= 0.6 is 11.3 Å². The summed E-state index contributed by atoms with van der Waals surface area (Å²) in [4.78, 5) is 6.16. The molecule has 0 saturated carbocycles. The van der Waals surface area contributed by atoms with Crippen molar-refractivity contribution in [1.29, 1.82) is 0 Å². The zero-order valence-electron chi connectivity index (χ0n) is 12.8. The topological polar surface area (TPSA) is 65.7 Å². The number of thiazole rings is 1. The highest BCUT2D eigenvalue weighted by atomic mass is 32.1. The molecule has 1 atom stereocenters. The SMILES string of the molecule is CC1CCc2nc(COc3ccc(-n4cnnn4)cc3)sc2C1. The van der Waals surface area contributed by atoms with Crippen LogP contribution in [0.25, 0.3) is 5.69 Å². The van der Waals surface area contributed by atoms with E-state index in [1.54, 1.807) is 22.3 Å². The predicted molar refractivity (Wildman–Crippen MR) is 86.8 cm³/mol. The lowest BCUT2D eigenvalue weighted by atomic mass is 9.93. The summed E-state index contributed by atoms with van der Waals surface area (Å²) < 4.78 is 7.47. The Bertz CT molecular complexity index is 781. The van der Waals surface area contributed by atoms with Crippen LogP contribution in [0, 0.1) is 5.92 Å². The summed E-state index contributed by atoms with van der Waals surface area (Å²) in [5.74, 6) is 1.60. The van der Waals surface area contributed by atoms with E-state index in [-0.39, 0.29) is 0 Å². The Balaban J connectivity index is 1.41. The van der Waals surface area contributed by atoms with Gasteiger partial charge >= 0.3 is 0 Å². The molecule has 2 heterocycles. The van der Waals surface area contributed by atoms with E-state index in [4.69, 9.17) is 9.72 Å². The Morgan fingerprint density at radius 2 is 2.17 bits per heavy atom. The number of benzene rings is 1. The predicted octanol–water partition coefficient (Wildman–Crippen LogP) is 2.82. The molecule has 23 heavy (non-hydrogen) atoms. The Hall–Kier alpha value is -2.28. The highest BCUT2D eigenvalue weighted by molar-refractivity contribution is 7.11. The van der Waals surface area contributed by atoms with E-state index in [0.29, 0.717) is 6.61 Å². The van der Waals surface area contributed by atoms with Gasteiger partial charge in [-0.15, -0.1) is 16.4 Å².